The largest absolute Gasteiger partial charge is 0.249 e. The lowest BCUT2D eigenvalue weighted by molar-refractivity contribution is -0.450. The van der Waals surface area contributed by atoms with E-state index in [-0.39, 0.29) is 0 Å². The smallest absolute Gasteiger partial charge is 0.151 e. The van der Waals surface area contributed by atoms with Gasteiger partial charge in [-0.1, -0.05) is 0 Å². The first-order valence-electron chi connectivity index (χ1n) is 2.52. The van der Waals surface area contributed by atoms with Crippen molar-refractivity contribution in [2.24, 2.45) is 0 Å². The molecule has 1 heteroatoms. The molecule has 1 N–H and O–H groups in total. The molecule has 1 aliphatic carbocycles. The van der Waals surface area contributed by atoms with Crippen LogP contribution in [-0.4, -0.2) is 12.3 Å². The topological polar surface area (TPSA) is 14.0 Å². The maximum absolute atomic E-state index is 3.24. The molecule has 1 nitrogen and oxygen atoms in total. The maximum Gasteiger partial charge on any atom is 0.151 e. The van der Waals surface area contributed by atoms with Gasteiger partial charge in [0.25, 0.3) is 0 Å². The summed E-state index contributed by atoms with van der Waals surface area (Å²) >= 11 is 0. The Balaban J connectivity index is 2.24. The van der Waals surface area contributed by atoms with E-state index in [0.717, 1.165) is 6.54 Å². The molecule has 6 heavy (non-hydrogen) atoms. The molecule has 1 fully saturated rings. The normalized spacial score (nSPS) is 17.8. The predicted octanol–water partition coefficient (Wildman–Crippen LogP) is -0.678. The van der Waals surface area contributed by atoms with Crippen molar-refractivity contribution in [3.05, 3.63) is 0 Å². The van der Waals surface area contributed by atoms with Gasteiger partial charge in [-0.15, -0.1) is 0 Å². The molecule has 0 heterocycles. The van der Waals surface area contributed by atoms with Gasteiger partial charge in [0.2, 0.25) is 0 Å². The van der Waals surface area contributed by atoms with Crippen LogP contribution in [0.4, 0.5) is 0 Å². The molecule has 0 aromatic heterocycles. The molecule has 0 aromatic carbocycles. The van der Waals surface area contributed by atoms with E-state index < -0.39 is 0 Å². The molecule has 0 spiro atoms. The Bertz CT molecular complexity index is 68.0. The number of hydrogen-bond acceptors (Lipinski definition) is 0. The van der Waals surface area contributed by atoms with Gasteiger partial charge in [-0.3, -0.25) is 0 Å². The van der Waals surface area contributed by atoms with Gasteiger partial charge in [0.15, 0.2) is 5.71 Å². The fourth-order valence-electron chi connectivity index (χ4n) is 0.489. The summed E-state index contributed by atoms with van der Waals surface area (Å²) in [5, 5.41) is 0. The molecule has 0 atom stereocenters. The maximum atomic E-state index is 3.24. The van der Waals surface area contributed by atoms with Crippen molar-refractivity contribution in [3.63, 3.8) is 0 Å². The lowest BCUT2D eigenvalue weighted by Gasteiger charge is -1.62. The van der Waals surface area contributed by atoms with Gasteiger partial charge in [-0.2, -0.15) is 0 Å². The Hall–Kier alpha value is -0.330. The minimum absolute atomic E-state index is 1.11. The van der Waals surface area contributed by atoms with Crippen molar-refractivity contribution in [1.82, 2.24) is 0 Å². The fourth-order valence-corrected chi connectivity index (χ4v) is 0.489. The van der Waals surface area contributed by atoms with Crippen LogP contribution >= 0.6 is 0 Å². The van der Waals surface area contributed by atoms with Crippen LogP contribution in [0.5, 0.6) is 0 Å². The van der Waals surface area contributed by atoms with E-state index in [1.807, 2.05) is 0 Å². The van der Waals surface area contributed by atoms with Gasteiger partial charge in [-0.25, -0.2) is 4.99 Å². The summed E-state index contributed by atoms with van der Waals surface area (Å²) in [4.78, 5) is 3.24. The standard InChI is InChI=1S/C5H9N/c1-2-6-5-3-4-5/h2-4H2,1H3/p+1. The van der Waals surface area contributed by atoms with Crippen molar-refractivity contribution in [2.45, 2.75) is 19.8 Å². The van der Waals surface area contributed by atoms with Crippen molar-refractivity contribution in [1.29, 1.82) is 0 Å². The van der Waals surface area contributed by atoms with Gasteiger partial charge < -0.3 is 0 Å². The zero-order valence-electron chi connectivity index (χ0n) is 4.12. The minimum atomic E-state index is 1.11. The summed E-state index contributed by atoms with van der Waals surface area (Å²) in [5.41, 5.74) is 1.54. The monoisotopic (exact) mass is 84.1 g/mol. The fraction of sp³-hybridized carbons (Fsp3) is 0.800. The molecule has 0 radical (unpaired) electrons. The predicted molar refractivity (Wildman–Crippen MR) is 25.7 cm³/mol. The molecule has 1 saturated carbocycles. The Morgan fingerprint density at radius 3 is 2.50 bits per heavy atom. The molecule has 0 bridgehead atoms. The number of hydrogen-bond donors (Lipinski definition) is 1. The first-order chi connectivity index (χ1) is 2.93. The van der Waals surface area contributed by atoms with Gasteiger partial charge >= 0.3 is 0 Å². The van der Waals surface area contributed by atoms with E-state index in [9.17, 15) is 0 Å². The second-order valence-electron chi connectivity index (χ2n) is 1.63. The highest BCUT2D eigenvalue weighted by Crippen LogP contribution is 2.06. The highest BCUT2D eigenvalue weighted by Gasteiger charge is 2.18. The van der Waals surface area contributed by atoms with Gasteiger partial charge in [0.05, 0.1) is 0 Å². The summed E-state index contributed by atoms with van der Waals surface area (Å²) in [7, 11) is 0. The van der Waals surface area contributed by atoms with Gasteiger partial charge in [0, 0.05) is 12.8 Å². The van der Waals surface area contributed by atoms with E-state index in [2.05, 4.69) is 11.9 Å². The molecular formula is C5H10N+. The molecule has 0 saturated heterocycles. The Kier molecular flexibility index (Phi) is 0.906. The van der Waals surface area contributed by atoms with Crippen LogP contribution in [0.2, 0.25) is 0 Å². The SMILES string of the molecule is CC[NH+]=C1CC1. The number of rotatable bonds is 1. The van der Waals surface area contributed by atoms with Crippen molar-refractivity contribution in [2.75, 3.05) is 6.54 Å². The first kappa shape index (κ1) is 3.85. The minimum Gasteiger partial charge on any atom is -0.249 e. The summed E-state index contributed by atoms with van der Waals surface area (Å²) in [6.07, 6.45) is 2.65. The number of nitrogens with one attached hydrogen (secondary N) is 1. The Labute approximate surface area is 38.1 Å². The van der Waals surface area contributed by atoms with Gasteiger partial charge in [0.1, 0.15) is 6.54 Å². The summed E-state index contributed by atoms with van der Waals surface area (Å²) < 4.78 is 0. The lowest BCUT2D eigenvalue weighted by atomic mass is 10.7. The average Bonchev–Trinajstić information content (AvgIpc) is 2.21. The van der Waals surface area contributed by atoms with E-state index >= 15 is 0 Å². The summed E-state index contributed by atoms with van der Waals surface area (Å²) in [5.74, 6) is 0. The van der Waals surface area contributed by atoms with Crippen LogP contribution in [0.15, 0.2) is 0 Å². The van der Waals surface area contributed by atoms with Crippen molar-refractivity contribution < 1.29 is 4.99 Å². The molecule has 0 unspecified atom stereocenters. The third-order valence-electron chi connectivity index (χ3n) is 0.927. The molecule has 1 aliphatic rings. The molecular weight excluding hydrogens is 74.1 g/mol. The van der Waals surface area contributed by atoms with E-state index in [4.69, 9.17) is 0 Å². The van der Waals surface area contributed by atoms with Crippen LogP contribution in [0.25, 0.3) is 0 Å². The summed E-state index contributed by atoms with van der Waals surface area (Å²) in [6, 6.07) is 0. The quantitative estimate of drug-likeness (QED) is 0.433. The zero-order chi connectivity index (χ0) is 4.41. The summed E-state index contributed by atoms with van der Waals surface area (Å²) in [6.45, 7) is 3.24. The zero-order valence-corrected chi connectivity index (χ0v) is 4.12. The molecule has 1 rings (SSSR count). The van der Waals surface area contributed by atoms with Crippen LogP contribution in [0, 0.1) is 0 Å². The third kappa shape index (κ3) is 0.814. The molecule has 0 aliphatic heterocycles. The third-order valence-corrected chi connectivity index (χ3v) is 0.927. The highest BCUT2D eigenvalue weighted by atomic mass is 14.7. The van der Waals surface area contributed by atoms with Crippen LogP contribution in [0.3, 0.4) is 0 Å². The first-order valence-corrected chi connectivity index (χ1v) is 2.52. The van der Waals surface area contributed by atoms with Crippen LogP contribution in [-0.2, 0) is 0 Å². The average molecular weight is 84.1 g/mol. The molecule has 0 aromatic rings. The van der Waals surface area contributed by atoms with E-state index in [1.165, 1.54) is 18.6 Å². The van der Waals surface area contributed by atoms with Gasteiger partial charge in [-0.05, 0) is 6.92 Å². The Morgan fingerprint density at radius 1 is 1.67 bits per heavy atom. The highest BCUT2D eigenvalue weighted by molar-refractivity contribution is 5.92. The second kappa shape index (κ2) is 1.41. The molecule has 34 valence electrons. The van der Waals surface area contributed by atoms with E-state index in [1.54, 1.807) is 0 Å². The second-order valence-corrected chi connectivity index (χ2v) is 1.63. The van der Waals surface area contributed by atoms with Crippen molar-refractivity contribution in [3.8, 4) is 0 Å². The van der Waals surface area contributed by atoms with Crippen LogP contribution in [0.1, 0.15) is 19.8 Å². The molecule has 0 amide bonds. The van der Waals surface area contributed by atoms with Crippen LogP contribution < -0.4 is 4.99 Å². The Morgan fingerprint density at radius 2 is 2.33 bits per heavy atom. The lowest BCUT2D eigenvalue weighted by Crippen LogP contribution is -2.68. The van der Waals surface area contributed by atoms with Crippen molar-refractivity contribution >= 4 is 5.71 Å². The van der Waals surface area contributed by atoms with E-state index in [0.29, 0.717) is 0 Å².